The van der Waals surface area contributed by atoms with Gasteiger partial charge in [-0.1, -0.05) is 36.4 Å². The molecule has 0 aliphatic heterocycles. The molecule has 0 unspecified atom stereocenters. The molecule has 0 aliphatic carbocycles. The molecular weight excluding hydrogens is 425 g/mol. The SMILES string of the molecule is CN(CCNC(=O)CN(c1ccccc1F)S(=O)(=O)c1cccs1)c1ccccc1. The third-order valence-corrected chi connectivity index (χ3v) is 7.55. The Balaban J connectivity index is 1.70. The number of anilines is 2. The normalized spacial score (nSPS) is 11.1. The number of halogens is 1. The number of amides is 1. The fourth-order valence-electron chi connectivity index (χ4n) is 2.83. The number of nitrogens with zero attached hydrogens (tertiary/aromatic N) is 2. The Morgan fingerprint density at radius 1 is 1.03 bits per heavy atom. The van der Waals surface area contributed by atoms with Gasteiger partial charge in [0.2, 0.25) is 5.91 Å². The predicted octanol–water partition coefficient (Wildman–Crippen LogP) is 3.34. The van der Waals surface area contributed by atoms with Gasteiger partial charge in [-0.3, -0.25) is 9.10 Å². The Morgan fingerprint density at radius 3 is 2.40 bits per heavy atom. The second kappa shape index (κ2) is 9.73. The Hall–Kier alpha value is -2.91. The number of hydrogen-bond acceptors (Lipinski definition) is 5. The van der Waals surface area contributed by atoms with Crippen molar-refractivity contribution < 1.29 is 17.6 Å². The molecule has 0 bridgehead atoms. The van der Waals surface area contributed by atoms with Crippen molar-refractivity contribution in [2.75, 3.05) is 35.9 Å². The van der Waals surface area contributed by atoms with Gasteiger partial charge in [0.1, 0.15) is 16.6 Å². The largest absolute Gasteiger partial charge is 0.373 e. The van der Waals surface area contributed by atoms with E-state index < -0.39 is 28.3 Å². The summed E-state index contributed by atoms with van der Waals surface area (Å²) in [4.78, 5) is 14.5. The summed E-state index contributed by atoms with van der Waals surface area (Å²) in [6.07, 6.45) is 0. The second-order valence-electron chi connectivity index (χ2n) is 6.50. The predicted molar refractivity (Wildman–Crippen MR) is 118 cm³/mol. The van der Waals surface area contributed by atoms with Crippen LogP contribution < -0.4 is 14.5 Å². The molecule has 2 aromatic carbocycles. The van der Waals surface area contributed by atoms with E-state index in [9.17, 15) is 17.6 Å². The number of nitrogens with one attached hydrogen (secondary N) is 1. The van der Waals surface area contributed by atoms with E-state index in [0.717, 1.165) is 21.3 Å². The van der Waals surface area contributed by atoms with Crippen LogP contribution in [0.1, 0.15) is 0 Å². The maximum absolute atomic E-state index is 14.4. The van der Waals surface area contributed by atoms with Gasteiger partial charge >= 0.3 is 0 Å². The zero-order valence-electron chi connectivity index (χ0n) is 16.4. The highest BCUT2D eigenvalue weighted by molar-refractivity contribution is 7.94. The number of benzene rings is 2. The molecule has 1 heterocycles. The summed E-state index contributed by atoms with van der Waals surface area (Å²) < 4.78 is 41.3. The molecule has 3 rings (SSSR count). The standard InChI is InChI=1S/C21H22FN3O3S2/c1-24(17-8-3-2-4-9-17)14-13-23-20(26)16-25(19-11-6-5-10-18(19)22)30(27,28)21-12-7-15-29-21/h2-12,15H,13-14,16H2,1H3,(H,23,26). The molecule has 9 heteroatoms. The van der Waals surface area contributed by atoms with Crippen molar-refractivity contribution >= 4 is 38.6 Å². The number of rotatable bonds is 9. The van der Waals surface area contributed by atoms with E-state index in [1.165, 1.54) is 30.3 Å². The molecule has 6 nitrogen and oxygen atoms in total. The van der Waals surface area contributed by atoms with E-state index in [2.05, 4.69) is 5.32 Å². The van der Waals surface area contributed by atoms with Crippen molar-refractivity contribution in [2.45, 2.75) is 4.21 Å². The maximum atomic E-state index is 14.4. The Bertz CT molecular complexity index is 1070. The second-order valence-corrected chi connectivity index (χ2v) is 9.54. The van der Waals surface area contributed by atoms with Crippen LogP contribution in [0.25, 0.3) is 0 Å². The number of hydrogen-bond donors (Lipinski definition) is 1. The van der Waals surface area contributed by atoms with Gasteiger partial charge in [0.15, 0.2) is 0 Å². The molecule has 1 amide bonds. The zero-order valence-corrected chi connectivity index (χ0v) is 18.0. The molecular formula is C21H22FN3O3S2. The molecule has 0 atom stereocenters. The number of thiophene rings is 1. The lowest BCUT2D eigenvalue weighted by Crippen LogP contribution is -2.42. The number of carbonyl (C=O) groups excluding carboxylic acids is 1. The van der Waals surface area contributed by atoms with E-state index in [1.54, 1.807) is 11.4 Å². The minimum atomic E-state index is -4.07. The van der Waals surface area contributed by atoms with Crippen molar-refractivity contribution in [3.63, 3.8) is 0 Å². The summed E-state index contributed by atoms with van der Waals surface area (Å²) in [5, 5.41) is 4.33. The van der Waals surface area contributed by atoms with Gasteiger partial charge in [0.05, 0.1) is 5.69 Å². The summed E-state index contributed by atoms with van der Waals surface area (Å²) in [5.41, 5.74) is 0.836. The molecule has 1 aromatic heterocycles. The molecule has 0 saturated heterocycles. The van der Waals surface area contributed by atoms with E-state index in [1.807, 2.05) is 42.3 Å². The molecule has 1 N–H and O–H groups in total. The Morgan fingerprint density at radius 2 is 1.73 bits per heavy atom. The van der Waals surface area contributed by atoms with E-state index in [4.69, 9.17) is 0 Å². The number of likely N-dealkylation sites (N-methyl/N-ethyl adjacent to an activating group) is 1. The van der Waals surface area contributed by atoms with Crippen LogP contribution in [-0.2, 0) is 14.8 Å². The van der Waals surface area contributed by atoms with E-state index in [-0.39, 0.29) is 9.90 Å². The van der Waals surface area contributed by atoms with Gasteiger partial charge < -0.3 is 10.2 Å². The maximum Gasteiger partial charge on any atom is 0.274 e. The van der Waals surface area contributed by atoms with Gasteiger partial charge in [0, 0.05) is 25.8 Å². The third-order valence-electron chi connectivity index (χ3n) is 4.41. The van der Waals surface area contributed by atoms with E-state index >= 15 is 0 Å². The van der Waals surface area contributed by atoms with Crippen molar-refractivity contribution in [3.8, 4) is 0 Å². The molecule has 0 spiro atoms. The zero-order chi connectivity index (χ0) is 21.6. The molecule has 30 heavy (non-hydrogen) atoms. The third kappa shape index (κ3) is 5.17. The first-order valence-electron chi connectivity index (χ1n) is 9.23. The number of carbonyl (C=O) groups is 1. The van der Waals surface area contributed by atoms with Crippen molar-refractivity contribution in [1.29, 1.82) is 0 Å². The average molecular weight is 448 g/mol. The Labute approximate surface area is 179 Å². The smallest absolute Gasteiger partial charge is 0.274 e. The fourth-order valence-corrected chi connectivity index (χ4v) is 5.37. The minimum Gasteiger partial charge on any atom is -0.373 e. The highest BCUT2D eigenvalue weighted by atomic mass is 32.2. The van der Waals surface area contributed by atoms with Crippen molar-refractivity contribution in [3.05, 3.63) is 77.9 Å². The summed E-state index contributed by atoms with van der Waals surface area (Å²) in [7, 11) is -2.17. The highest BCUT2D eigenvalue weighted by Gasteiger charge is 2.29. The van der Waals surface area contributed by atoms with Gasteiger partial charge in [-0.2, -0.15) is 0 Å². The van der Waals surface area contributed by atoms with Crippen molar-refractivity contribution in [1.82, 2.24) is 5.32 Å². The lowest BCUT2D eigenvalue weighted by atomic mass is 10.3. The van der Waals surface area contributed by atoms with Gasteiger partial charge in [-0.25, -0.2) is 12.8 Å². The number of sulfonamides is 1. The summed E-state index contributed by atoms with van der Waals surface area (Å²) >= 11 is 1.01. The lowest BCUT2D eigenvalue weighted by molar-refractivity contribution is -0.119. The summed E-state index contributed by atoms with van der Waals surface area (Å²) in [6.45, 7) is 0.331. The van der Waals surface area contributed by atoms with Crippen LogP contribution in [0.5, 0.6) is 0 Å². The van der Waals surface area contributed by atoms with Crippen molar-refractivity contribution in [2.24, 2.45) is 0 Å². The first-order chi connectivity index (χ1) is 14.4. The number of para-hydroxylation sites is 2. The molecule has 0 radical (unpaired) electrons. The average Bonchev–Trinajstić information content (AvgIpc) is 3.29. The minimum absolute atomic E-state index is 0.0439. The van der Waals surface area contributed by atoms with Crippen LogP contribution in [0.4, 0.5) is 15.8 Å². The van der Waals surface area contributed by atoms with Crippen LogP contribution in [-0.4, -0.2) is 41.0 Å². The monoisotopic (exact) mass is 447 g/mol. The molecule has 158 valence electrons. The molecule has 0 aliphatic rings. The van der Waals surface area contributed by atoms with Gasteiger partial charge in [-0.15, -0.1) is 11.3 Å². The topological polar surface area (TPSA) is 69.7 Å². The van der Waals surface area contributed by atoms with Crippen LogP contribution in [0.2, 0.25) is 0 Å². The summed E-state index contributed by atoms with van der Waals surface area (Å²) in [6, 6.07) is 18.2. The molecule has 3 aromatic rings. The van der Waals surface area contributed by atoms with E-state index in [0.29, 0.717) is 13.1 Å². The van der Waals surface area contributed by atoms with Crippen LogP contribution in [0.15, 0.2) is 76.3 Å². The van der Waals surface area contributed by atoms with Gasteiger partial charge in [-0.05, 0) is 35.7 Å². The van der Waals surface area contributed by atoms with Crippen LogP contribution in [0, 0.1) is 5.82 Å². The lowest BCUT2D eigenvalue weighted by Gasteiger charge is -2.24. The molecule has 0 fully saturated rings. The summed E-state index contributed by atoms with van der Waals surface area (Å²) in [5.74, 6) is -1.23. The fraction of sp³-hybridized carbons (Fsp3) is 0.190. The highest BCUT2D eigenvalue weighted by Crippen LogP contribution is 2.28. The molecule has 0 saturated carbocycles. The Kier molecular flexibility index (Phi) is 7.07. The van der Waals surface area contributed by atoms with Gasteiger partial charge in [0.25, 0.3) is 10.0 Å². The van der Waals surface area contributed by atoms with Crippen LogP contribution >= 0.6 is 11.3 Å². The quantitative estimate of drug-likeness (QED) is 0.546. The first-order valence-corrected chi connectivity index (χ1v) is 11.6. The first kappa shape index (κ1) is 21.8. The van der Waals surface area contributed by atoms with Crippen LogP contribution in [0.3, 0.4) is 0 Å².